The van der Waals surface area contributed by atoms with Crippen LogP contribution in [0.4, 0.5) is 10.1 Å². The molecule has 3 atom stereocenters. The largest absolute Gasteiger partial charge is 0.381 e. The maximum atomic E-state index is 13.6. The minimum absolute atomic E-state index is 0.0387. The third-order valence-corrected chi connectivity index (χ3v) is 5.62. The van der Waals surface area contributed by atoms with Crippen molar-refractivity contribution in [1.82, 2.24) is 14.8 Å². The van der Waals surface area contributed by atoms with Crippen molar-refractivity contribution in [3.05, 3.63) is 36.0 Å². The van der Waals surface area contributed by atoms with Crippen LogP contribution in [0.2, 0.25) is 0 Å². The van der Waals surface area contributed by atoms with E-state index in [2.05, 4.69) is 40.3 Å². The van der Waals surface area contributed by atoms with E-state index < -0.39 is 12.2 Å². The number of nitriles is 1. The van der Waals surface area contributed by atoms with Gasteiger partial charge >= 0.3 is 0 Å². The number of aryl methyl sites for hydroxylation is 1. The first kappa shape index (κ1) is 18.6. The minimum atomic E-state index is -1.09. The molecule has 0 saturated carbocycles. The van der Waals surface area contributed by atoms with Gasteiger partial charge in [0, 0.05) is 42.8 Å². The van der Waals surface area contributed by atoms with Crippen LogP contribution in [0.5, 0.6) is 0 Å². The highest BCUT2D eigenvalue weighted by Crippen LogP contribution is 2.24. The molecule has 2 saturated heterocycles. The van der Waals surface area contributed by atoms with E-state index in [4.69, 9.17) is 5.26 Å². The van der Waals surface area contributed by atoms with Crippen LogP contribution in [0, 0.1) is 18.3 Å². The number of pyridine rings is 1. The minimum Gasteiger partial charge on any atom is -0.381 e. The van der Waals surface area contributed by atoms with E-state index in [0.717, 1.165) is 41.7 Å². The number of hydrogen-bond donors (Lipinski definition) is 1. The summed E-state index contributed by atoms with van der Waals surface area (Å²) in [5.41, 5.74) is 3.19. The second kappa shape index (κ2) is 7.72. The Morgan fingerprint density at radius 2 is 2.29 bits per heavy atom. The molecule has 28 heavy (non-hydrogen) atoms. The van der Waals surface area contributed by atoms with E-state index in [1.165, 1.54) is 4.90 Å². The van der Waals surface area contributed by atoms with Gasteiger partial charge in [-0.2, -0.15) is 5.26 Å². The number of nitrogens with zero attached hydrogens (tertiary/aromatic N) is 4. The van der Waals surface area contributed by atoms with Crippen molar-refractivity contribution in [3.8, 4) is 6.07 Å². The summed E-state index contributed by atoms with van der Waals surface area (Å²) in [5.74, 6) is -0.153. The number of rotatable bonds is 4. The Morgan fingerprint density at radius 3 is 3.11 bits per heavy atom. The van der Waals surface area contributed by atoms with Gasteiger partial charge in [0.1, 0.15) is 12.2 Å². The number of amides is 1. The van der Waals surface area contributed by atoms with Crippen LogP contribution in [-0.2, 0) is 4.79 Å². The van der Waals surface area contributed by atoms with Gasteiger partial charge in [-0.25, -0.2) is 4.39 Å². The van der Waals surface area contributed by atoms with Crippen molar-refractivity contribution < 1.29 is 9.18 Å². The van der Waals surface area contributed by atoms with E-state index in [1.807, 2.05) is 12.1 Å². The van der Waals surface area contributed by atoms with Gasteiger partial charge in [-0.05, 0) is 37.1 Å². The van der Waals surface area contributed by atoms with E-state index >= 15 is 0 Å². The lowest BCUT2D eigenvalue weighted by Gasteiger charge is -2.23. The maximum Gasteiger partial charge on any atom is 0.237 e. The Kier molecular flexibility index (Phi) is 5.14. The highest BCUT2D eigenvalue weighted by molar-refractivity contribution is 5.85. The van der Waals surface area contributed by atoms with Gasteiger partial charge in [0.05, 0.1) is 24.7 Å². The Labute approximate surface area is 163 Å². The second-order valence-electron chi connectivity index (χ2n) is 7.76. The van der Waals surface area contributed by atoms with Crippen molar-refractivity contribution in [2.75, 3.05) is 31.5 Å². The lowest BCUT2D eigenvalue weighted by atomic mass is 10.1. The molecule has 0 aliphatic carbocycles. The van der Waals surface area contributed by atoms with Gasteiger partial charge in [0.2, 0.25) is 5.91 Å². The molecular weight excluding hydrogens is 357 g/mol. The van der Waals surface area contributed by atoms with Gasteiger partial charge in [0.15, 0.2) is 0 Å². The third kappa shape index (κ3) is 3.78. The first-order valence-electron chi connectivity index (χ1n) is 9.71. The predicted octanol–water partition coefficient (Wildman–Crippen LogP) is 2.49. The van der Waals surface area contributed by atoms with Crippen LogP contribution in [0.25, 0.3) is 10.9 Å². The summed E-state index contributed by atoms with van der Waals surface area (Å²) >= 11 is 0. The standard InChI is InChI=1S/C21H24FN5O/c1-14-7-18(8-15-3-2-5-24-21(14)15)25-17-4-6-26(12-17)13-20(28)27-11-16(22)9-19(27)10-23/h2-3,5,7-8,16-17,19,25H,4,6,9,11-13H2,1H3/t16-,17+,19-/m0/s1. The van der Waals surface area contributed by atoms with Crippen molar-refractivity contribution in [2.45, 2.75) is 38.0 Å². The number of carbonyl (C=O) groups is 1. The monoisotopic (exact) mass is 381 g/mol. The average Bonchev–Trinajstić information content (AvgIpc) is 3.27. The number of aromatic nitrogens is 1. The van der Waals surface area contributed by atoms with E-state index in [1.54, 1.807) is 6.20 Å². The summed E-state index contributed by atoms with van der Waals surface area (Å²) in [5, 5.41) is 13.8. The first-order chi connectivity index (χ1) is 13.5. The van der Waals surface area contributed by atoms with Crippen LogP contribution in [0.3, 0.4) is 0 Å². The van der Waals surface area contributed by atoms with Gasteiger partial charge in [-0.15, -0.1) is 0 Å². The topological polar surface area (TPSA) is 72.3 Å². The van der Waals surface area contributed by atoms with Gasteiger partial charge in [-0.1, -0.05) is 6.07 Å². The fourth-order valence-electron chi connectivity index (χ4n) is 4.25. The smallest absolute Gasteiger partial charge is 0.237 e. The number of likely N-dealkylation sites (tertiary alicyclic amines) is 2. The van der Waals surface area contributed by atoms with Gasteiger partial charge in [0.25, 0.3) is 0 Å². The van der Waals surface area contributed by atoms with Gasteiger partial charge < -0.3 is 10.2 Å². The van der Waals surface area contributed by atoms with Crippen molar-refractivity contribution in [1.29, 1.82) is 5.26 Å². The Hall–Kier alpha value is -2.72. The quantitative estimate of drug-likeness (QED) is 0.881. The highest BCUT2D eigenvalue weighted by atomic mass is 19.1. The second-order valence-corrected chi connectivity index (χ2v) is 7.76. The zero-order chi connectivity index (χ0) is 19.7. The maximum absolute atomic E-state index is 13.6. The molecule has 2 fully saturated rings. The van der Waals surface area contributed by atoms with Gasteiger partial charge in [-0.3, -0.25) is 14.7 Å². The molecule has 146 valence electrons. The zero-order valence-corrected chi connectivity index (χ0v) is 15.9. The first-order valence-corrected chi connectivity index (χ1v) is 9.71. The number of carbonyl (C=O) groups excluding carboxylic acids is 1. The molecule has 6 nitrogen and oxygen atoms in total. The molecule has 0 spiro atoms. The molecule has 2 aliphatic rings. The van der Waals surface area contributed by atoms with Crippen LogP contribution in [0.15, 0.2) is 30.5 Å². The summed E-state index contributed by atoms with van der Waals surface area (Å²) in [6.45, 7) is 3.89. The fourth-order valence-corrected chi connectivity index (χ4v) is 4.25. The summed E-state index contributed by atoms with van der Waals surface area (Å²) in [6.07, 6.45) is 1.77. The molecule has 2 aliphatic heterocycles. The normalized spacial score (nSPS) is 25.2. The predicted molar refractivity (Wildman–Crippen MR) is 106 cm³/mol. The molecule has 7 heteroatoms. The molecule has 0 radical (unpaired) electrons. The Balaban J connectivity index is 1.36. The van der Waals surface area contributed by atoms with Crippen molar-refractivity contribution in [3.63, 3.8) is 0 Å². The number of halogens is 1. The number of nitrogens with one attached hydrogen (secondary N) is 1. The Bertz CT molecular complexity index is 927. The van der Waals surface area contributed by atoms with E-state index in [-0.39, 0.29) is 31.5 Å². The van der Waals surface area contributed by atoms with Crippen LogP contribution < -0.4 is 5.32 Å². The van der Waals surface area contributed by atoms with Crippen LogP contribution in [-0.4, -0.2) is 65.1 Å². The molecule has 1 N–H and O–H groups in total. The van der Waals surface area contributed by atoms with E-state index in [0.29, 0.717) is 0 Å². The number of fused-ring (bicyclic) bond motifs is 1. The number of benzene rings is 1. The molecule has 4 rings (SSSR count). The molecule has 0 unspecified atom stereocenters. The summed E-state index contributed by atoms with van der Waals surface area (Å²) in [7, 11) is 0. The summed E-state index contributed by atoms with van der Waals surface area (Å²) < 4.78 is 13.6. The van der Waals surface area contributed by atoms with Crippen molar-refractivity contribution in [2.24, 2.45) is 0 Å². The van der Waals surface area contributed by atoms with Crippen LogP contribution in [0.1, 0.15) is 18.4 Å². The molecule has 0 bridgehead atoms. The van der Waals surface area contributed by atoms with Crippen molar-refractivity contribution >= 4 is 22.5 Å². The average molecular weight is 381 g/mol. The molecule has 1 aromatic heterocycles. The van der Waals surface area contributed by atoms with E-state index in [9.17, 15) is 9.18 Å². The molecule has 1 amide bonds. The lowest BCUT2D eigenvalue weighted by molar-refractivity contribution is -0.132. The molecule has 1 aromatic carbocycles. The number of hydrogen-bond acceptors (Lipinski definition) is 5. The number of alkyl halides is 1. The molecule has 3 heterocycles. The number of anilines is 1. The highest BCUT2D eigenvalue weighted by Gasteiger charge is 2.36. The SMILES string of the molecule is Cc1cc(N[C@@H]2CCN(CC(=O)N3C[C@@H](F)C[C@H]3C#N)C2)cc2cccnc12. The third-order valence-electron chi connectivity index (χ3n) is 5.62. The fraction of sp³-hybridized carbons (Fsp3) is 0.476. The summed E-state index contributed by atoms with van der Waals surface area (Å²) in [4.78, 5) is 20.4. The molecular formula is C21H24FN5O. The molecule has 2 aromatic rings. The Morgan fingerprint density at radius 1 is 1.43 bits per heavy atom. The summed E-state index contributed by atoms with van der Waals surface area (Å²) in [6, 6.07) is 9.86. The zero-order valence-electron chi connectivity index (χ0n) is 15.9. The van der Waals surface area contributed by atoms with Crippen LogP contribution >= 0.6 is 0 Å². The lowest BCUT2D eigenvalue weighted by Crippen LogP contribution is -2.42.